The van der Waals surface area contributed by atoms with Crippen molar-refractivity contribution in [1.29, 1.82) is 0 Å². The van der Waals surface area contributed by atoms with Crippen molar-refractivity contribution in [3.8, 4) is 0 Å². The van der Waals surface area contributed by atoms with E-state index in [2.05, 4.69) is 4.90 Å². The Morgan fingerprint density at radius 3 is 3.05 bits per heavy atom. The minimum Gasteiger partial charge on any atom is -0.389 e. The van der Waals surface area contributed by atoms with Gasteiger partial charge in [-0.15, -0.1) is 0 Å². The highest BCUT2D eigenvalue weighted by atomic mass is 32.1. The number of nitrogens with zero attached hydrogens (tertiary/aromatic N) is 1. The molecule has 1 unspecified atom stereocenters. The number of benzene rings is 1. The van der Waals surface area contributed by atoms with Crippen LogP contribution in [0, 0.1) is 11.7 Å². The Balaban J connectivity index is 2.26. The molecule has 0 spiro atoms. The topological polar surface area (TPSA) is 38.5 Å². The SMILES string of the molecule is COCC1CCCN(c2cccc(F)c2C(N)=S)C1. The molecule has 1 saturated heterocycles. The lowest BCUT2D eigenvalue weighted by Crippen LogP contribution is -2.38. The van der Waals surface area contributed by atoms with Crippen LogP contribution < -0.4 is 10.6 Å². The third-order valence-electron chi connectivity index (χ3n) is 3.50. The molecular formula is C14H19FN2OS. The molecular weight excluding hydrogens is 263 g/mol. The van der Waals surface area contributed by atoms with Gasteiger partial charge in [0.15, 0.2) is 0 Å². The number of halogens is 1. The summed E-state index contributed by atoms with van der Waals surface area (Å²) in [5.74, 6) is 0.125. The number of thiocarbonyl (C=S) groups is 1. The minimum atomic E-state index is -0.348. The van der Waals surface area contributed by atoms with Gasteiger partial charge >= 0.3 is 0 Å². The van der Waals surface area contributed by atoms with Gasteiger partial charge in [-0.25, -0.2) is 4.39 Å². The number of ether oxygens (including phenoxy) is 1. The van der Waals surface area contributed by atoms with E-state index in [4.69, 9.17) is 22.7 Å². The molecule has 1 aromatic carbocycles. The molecule has 0 bridgehead atoms. The Kier molecular flexibility index (Phi) is 4.71. The predicted molar refractivity (Wildman–Crippen MR) is 79.1 cm³/mol. The van der Waals surface area contributed by atoms with E-state index in [-0.39, 0.29) is 10.8 Å². The lowest BCUT2D eigenvalue weighted by Gasteiger charge is -2.35. The molecule has 19 heavy (non-hydrogen) atoms. The summed E-state index contributed by atoms with van der Waals surface area (Å²) in [5.41, 5.74) is 6.81. The monoisotopic (exact) mass is 282 g/mol. The van der Waals surface area contributed by atoms with E-state index >= 15 is 0 Å². The van der Waals surface area contributed by atoms with E-state index < -0.39 is 0 Å². The fourth-order valence-electron chi connectivity index (χ4n) is 2.68. The highest BCUT2D eigenvalue weighted by Crippen LogP contribution is 2.28. The normalized spacial score (nSPS) is 19.5. The van der Waals surface area contributed by atoms with E-state index in [0.29, 0.717) is 11.5 Å². The first-order valence-corrected chi connectivity index (χ1v) is 6.86. The van der Waals surface area contributed by atoms with Crippen LogP contribution in [0.2, 0.25) is 0 Å². The van der Waals surface area contributed by atoms with Crippen molar-refractivity contribution < 1.29 is 9.13 Å². The first-order valence-electron chi connectivity index (χ1n) is 6.45. The van der Waals surface area contributed by atoms with Gasteiger partial charge in [0.1, 0.15) is 10.8 Å². The Hall–Kier alpha value is -1.20. The summed E-state index contributed by atoms with van der Waals surface area (Å²) < 4.78 is 19.1. The summed E-state index contributed by atoms with van der Waals surface area (Å²) in [5, 5.41) is 0. The largest absolute Gasteiger partial charge is 0.389 e. The van der Waals surface area contributed by atoms with Gasteiger partial charge in [0.25, 0.3) is 0 Å². The number of anilines is 1. The fraction of sp³-hybridized carbons (Fsp3) is 0.500. The lowest BCUT2D eigenvalue weighted by atomic mass is 9.97. The van der Waals surface area contributed by atoms with Crippen molar-refractivity contribution >= 4 is 22.9 Å². The molecule has 1 aliphatic rings. The van der Waals surface area contributed by atoms with Gasteiger partial charge in [-0.2, -0.15) is 0 Å². The number of rotatable bonds is 4. The van der Waals surface area contributed by atoms with Crippen molar-refractivity contribution in [2.24, 2.45) is 11.7 Å². The van der Waals surface area contributed by atoms with Crippen molar-refractivity contribution in [2.75, 3.05) is 31.7 Å². The molecule has 0 saturated carbocycles. The average molecular weight is 282 g/mol. The predicted octanol–water partition coefficient (Wildman–Crippen LogP) is 2.32. The Morgan fingerprint density at radius 1 is 1.58 bits per heavy atom. The standard InChI is InChI=1S/C14H19FN2OS/c1-18-9-10-4-3-7-17(8-10)12-6-2-5-11(15)13(12)14(16)19/h2,5-6,10H,3-4,7-9H2,1H3,(H2,16,19). The average Bonchev–Trinajstić information content (AvgIpc) is 2.38. The van der Waals surface area contributed by atoms with Crippen LogP contribution in [-0.2, 0) is 4.74 Å². The van der Waals surface area contributed by atoms with Crippen LogP contribution in [0.4, 0.5) is 10.1 Å². The molecule has 1 atom stereocenters. The van der Waals surface area contributed by atoms with Gasteiger partial charge in [-0.05, 0) is 30.9 Å². The molecule has 0 aliphatic carbocycles. The zero-order chi connectivity index (χ0) is 13.8. The molecule has 0 radical (unpaired) electrons. The second-order valence-corrected chi connectivity index (χ2v) is 5.35. The zero-order valence-corrected chi connectivity index (χ0v) is 11.9. The maximum Gasteiger partial charge on any atom is 0.135 e. The maximum atomic E-state index is 13.9. The first-order chi connectivity index (χ1) is 9.13. The molecule has 5 heteroatoms. The third-order valence-corrected chi connectivity index (χ3v) is 3.70. The maximum absolute atomic E-state index is 13.9. The first kappa shape index (κ1) is 14.2. The zero-order valence-electron chi connectivity index (χ0n) is 11.1. The van der Waals surface area contributed by atoms with Crippen LogP contribution in [0.25, 0.3) is 0 Å². The van der Waals surface area contributed by atoms with Gasteiger partial charge in [0.05, 0.1) is 12.2 Å². The minimum absolute atomic E-state index is 0.113. The molecule has 1 fully saturated rings. The summed E-state index contributed by atoms with van der Waals surface area (Å²) in [6, 6.07) is 4.98. The van der Waals surface area contributed by atoms with Gasteiger partial charge in [0, 0.05) is 25.9 Å². The Morgan fingerprint density at radius 2 is 2.37 bits per heavy atom. The molecule has 1 aromatic rings. The van der Waals surface area contributed by atoms with Crippen LogP contribution in [-0.4, -0.2) is 31.8 Å². The van der Waals surface area contributed by atoms with Gasteiger partial charge < -0.3 is 15.4 Å². The van der Waals surface area contributed by atoms with Crippen molar-refractivity contribution in [2.45, 2.75) is 12.8 Å². The second-order valence-electron chi connectivity index (χ2n) is 4.91. The molecule has 0 amide bonds. The fourth-order valence-corrected chi connectivity index (χ4v) is 2.88. The highest BCUT2D eigenvalue weighted by molar-refractivity contribution is 7.80. The number of methoxy groups -OCH3 is 1. The molecule has 3 nitrogen and oxygen atoms in total. The number of piperidine rings is 1. The third kappa shape index (κ3) is 3.22. The van der Waals surface area contributed by atoms with Crippen LogP contribution >= 0.6 is 12.2 Å². The van der Waals surface area contributed by atoms with Gasteiger partial charge in [-0.3, -0.25) is 0 Å². The number of hydrogen-bond acceptors (Lipinski definition) is 3. The highest BCUT2D eigenvalue weighted by Gasteiger charge is 2.23. The summed E-state index contributed by atoms with van der Waals surface area (Å²) in [4.78, 5) is 2.27. The molecule has 2 rings (SSSR count). The summed E-state index contributed by atoms with van der Waals surface area (Å²) >= 11 is 4.97. The van der Waals surface area contributed by atoms with E-state index in [1.165, 1.54) is 6.07 Å². The molecule has 1 heterocycles. The Bertz CT molecular complexity index is 465. The molecule has 0 aromatic heterocycles. The smallest absolute Gasteiger partial charge is 0.135 e. The Labute approximate surface area is 118 Å². The van der Waals surface area contributed by atoms with Crippen LogP contribution in [0.1, 0.15) is 18.4 Å². The summed E-state index contributed by atoms with van der Waals surface area (Å²) in [6.07, 6.45) is 2.21. The molecule has 1 aliphatic heterocycles. The number of hydrogen-bond donors (Lipinski definition) is 1. The quantitative estimate of drug-likeness (QED) is 0.860. The van der Waals surface area contributed by atoms with Crippen molar-refractivity contribution in [3.05, 3.63) is 29.6 Å². The summed E-state index contributed by atoms with van der Waals surface area (Å²) in [7, 11) is 1.71. The van der Waals surface area contributed by atoms with Crippen molar-refractivity contribution in [3.63, 3.8) is 0 Å². The van der Waals surface area contributed by atoms with Crippen LogP contribution in [0.5, 0.6) is 0 Å². The number of nitrogens with two attached hydrogens (primary N) is 1. The van der Waals surface area contributed by atoms with Gasteiger partial charge in [-0.1, -0.05) is 18.3 Å². The lowest BCUT2D eigenvalue weighted by molar-refractivity contribution is 0.143. The summed E-state index contributed by atoms with van der Waals surface area (Å²) in [6.45, 7) is 2.49. The van der Waals surface area contributed by atoms with Crippen LogP contribution in [0.15, 0.2) is 18.2 Å². The second kappa shape index (κ2) is 6.30. The van der Waals surface area contributed by atoms with E-state index in [1.807, 2.05) is 6.07 Å². The van der Waals surface area contributed by atoms with Crippen molar-refractivity contribution in [1.82, 2.24) is 0 Å². The van der Waals surface area contributed by atoms with E-state index in [1.54, 1.807) is 13.2 Å². The van der Waals surface area contributed by atoms with Gasteiger partial charge in [0.2, 0.25) is 0 Å². The van der Waals surface area contributed by atoms with E-state index in [9.17, 15) is 4.39 Å². The molecule has 2 N–H and O–H groups in total. The molecule has 104 valence electrons. The van der Waals surface area contributed by atoms with Crippen LogP contribution in [0.3, 0.4) is 0 Å². The van der Waals surface area contributed by atoms with E-state index in [0.717, 1.165) is 38.2 Å².